The molecule has 2 unspecified atom stereocenters. The lowest BCUT2D eigenvalue weighted by atomic mass is 9.80. The maximum absolute atomic E-state index is 13.8. The number of fused-ring (bicyclic) bond motifs is 2. The van der Waals surface area contributed by atoms with Crippen LogP contribution in [0, 0.1) is 11.8 Å². The number of benzene rings is 1. The van der Waals surface area contributed by atoms with Crippen molar-refractivity contribution in [1.29, 1.82) is 0 Å². The number of ether oxygens (including phenoxy) is 2. The Hall–Kier alpha value is -2.16. The Bertz CT molecular complexity index is 1040. The lowest BCUT2D eigenvalue weighted by molar-refractivity contribution is -0.133. The van der Waals surface area contributed by atoms with Crippen LogP contribution < -0.4 is 5.32 Å². The largest absolute Gasteiger partial charge is 0.381 e. The molecular weight excluding hydrogens is 516 g/mol. The monoisotopic (exact) mass is 566 g/mol. The summed E-state index contributed by atoms with van der Waals surface area (Å²) < 4.78 is 11.0. The Morgan fingerprint density at radius 1 is 1.07 bits per heavy atom. The first kappa shape index (κ1) is 28.9. The average molecular weight is 567 g/mol. The van der Waals surface area contributed by atoms with Crippen LogP contribution in [0.5, 0.6) is 0 Å². The van der Waals surface area contributed by atoms with Gasteiger partial charge in [-0.25, -0.2) is 4.79 Å². The van der Waals surface area contributed by atoms with E-state index in [9.17, 15) is 9.59 Å². The number of carbonyl (C=O) groups excluding carboxylic acids is 2. The highest BCUT2D eigenvalue weighted by Gasteiger charge is 2.57. The minimum absolute atomic E-state index is 0.00997. The summed E-state index contributed by atoms with van der Waals surface area (Å²) in [5.74, 6) is 0.775. The number of piperidine rings is 1. The number of methoxy groups -OCH3 is 1. The van der Waals surface area contributed by atoms with Gasteiger partial charge >= 0.3 is 6.03 Å². The summed E-state index contributed by atoms with van der Waals surface area (Å²) in [7, 11) is 1.73. The number of nitrogens with zero attached hydrogens (tertiary/aromatic N) is 3. The van der Waals surface area contributed by atoms with Gasteiger partial charge < -0.3 is 24.6 Å². The van der Waals surface area contributed by atoms with Gasteiger partial charge in [0, 0.05) is 64.0 Å². The Morgan fingerprint density at radius 2 is 1.76 bits per heavy atom. The Labute approximate surface area is 246 Å². The molecule has 0 radical (unpaired) electrons. The SMILES string of the molecule is COC1CC(C(=O)N[C@@H](CCN2C3CCC2CC2(C3)CN(CC3CCOCC3)C(=O)N2C(C)C)c2ccccc2)C1. The number of urea groups is 1. The van der Waals surface area contributed by atoms with Crippen LogP contribution in [0.4, 0.5) is 4.79 Å². The summed E-state index contributed by atoms with van der Waals surface area (Å²) >= 11 is 0. The predicted octanol–water partition coefficient (Wildman–Crippen LogP) is 4.60. The summed E-state index contributed by atoms with van der Waals surface area (Å²) in [4.78, 5) is 34.0. The first-order chi connectivity index (χ1) is 19.9. The van der Waals surface area contributed by atoms with Crippen LogP contribution in [0.2, 0.25) is 0 Å². The van der Waals surface area contributed by atoms with Gasteiger partial charge in [0.25, 0.3) is 0 Å². The molecule has 1 aliphatic carbocycles. The average Bonchev–Trinajstić information content (AvgIpc) is 3.35. The molecule has 1 N–H and O–H groups in total. The maximum atomic E-state index is 13.8. The quantitative estimate of drug-likeness (QED) is 0.448. The van der Waals surface area contributed by atoms with Crippen molar-refractivity contribution in [1.82, 2.24) is 20.0 Å². The first-order valence-corrected chi connectivity index (χ1v) is 16.2. The van der Waals surface area contributed by atoms with E-state index in [2.05, 4.69) is 58.1 Å². The van der Waals surface area contributed by atoms with Gasteiger partial charge in [-0.05, 0) is 83.1 Å². The molecule has 1 aromatic rings. The molecule has 41 heavy (non-hydrogen) atoms. The van der Waals surface area contributed by atoms with Crippen LogP contribution in [-0.4, -0.2) is 96.4 Å². The molecule has 3 atom stereocenters. The van der Waals surface area contributed by atoms with Crippen molar-refractivity contribution in [2.75, 3.05) is 40.0 Å². The van der Waals surface area contributed by atoms with Crippen LogP contribution in [-0.2, 0) is 14.3 Å². The van der Waals surface area contributed by atoms with Gasteiger partial charge in [-0.1, -0.05) is 30.3 Å². The fourth-order valence-electron chi connectivity index (χ4n) is 8.66. The minimum atomic E-state index is -0.0616. The van der Waals surface area contributed by atoms with Gasteiger partial charge in [-0.15, -0.1) is 0 Å². The number of amides is 3. The normalized spacial score (nSPS) is 33.0. The summed E-state index contributed by atoms with van der Waals surface area (Å²) in [6.07, 6.45) is 9.40. The molecule has 226 valence electrons. The molecule has 3 amide bonds. The van der Waals surface area contributed by atoms with Gasteiger partial charge in [-0.3, -0.25) is 9.69 Å². The molecule has 8 heteroatoms. The van der Waals surface area contributed by atoms with Gasteiger partial charge in [0.05, 0.1) is 17.7 Å². The van der Waals surface area contributed by atoms with Crippen molar-refractivity contribution >= 4 is 11.9 Å². The molecule has 1 aromatic carbocycles. The zero-order valence-corrected chi connectivity index (χ0v) is 25.3. The number of nitrogens with one attached hydrogen (secondary N) is 1. The zero-order chi connectivity index (χ0) is 28.6. The van der Waals surface area contributed by atoms with Crippen LogP contribution in [0.3, 0.4) is 0 Å². The third-order valence-corrected chi connectivity index (χ3v) is 10.8. The predicted molar refractivity (Wildman–Crippen MR) is 158 cm³/mol. The van der Waals surface area contributed by atoms with Crippen molar-refractivity contribution in [3.63, 3.8) is 0 Å². The highest BCUT2D eigenvalue weighted by Crippen LogP contribution is 2.48. The standard InChI is InChI=1S/C33H50N4O4/c1-23(2)37-32(39)35(21-24-12-15-41-16-13-24)22-33(37)19-27-9-10-28(20-33)36(27)14-11-30(25-7-5-4-6-8-25)34-31(38)26-17-29(18-26)40-3/h4-8,23-24,26-30H,9-22H2,1-3H3,(H,34,38)/t26?,27?,28?,29?,30-,33?/m0/s1. The third kappa shape index (κ3) is 5.89. The second kappa shape index (κ2) is 12.2. The molecule has 2 bridgehead atoms. The van der Waals surface area contributed by atoms with Crippen molar-refractivity contribution in [2.45, 2.75) is 107 Å². The highest BCUT2D eigenvalue weighted by molar-refractivity contribution is 5.80. The van der Waals surface area contributed by atoms with Crippen LogP contribution >= 0.6 is 0 Å². The first-order valence-electron chi connectivity index (χ1n) is 16.2. The fraction of sp³-hybridized carbons (Fsp3) is 0.758. The van der Waals surface area contributed by atoms with E-state index in [0.717, 1.165) is 77.8 Å². The third-order valence-electron chi connectivity index (χ3n) is 10.8. The fourth-order valence-corrected chi connectivity index (χ4v) is 8.66. The highest BCUT2D eigenvalue weighted by atomic mass is 16.5. The van der Waals surface area contributed by atoms with Crippen LogP contribution in [0.1, 0.15) is 83.2 Å². The van der Waals surface area contributed by atoms with E-state index in [0.29, 0.717) is 18.0 Å². The van der Waals surface area contributed by atoms with Gasteiger partial charge in [0.2, 0.25) is 5.91 Å². The van der Waals surface area contributed by atoms with E-state index in [1.54, 1.807) is 7.11 Å². The molecule has 4 aliphatic heterocycles. The van der Waals surface area contributed by atoms with E-state index in [1.807, 2.05) is 6.07 Å². The molecular formula is C33H50N4O4. The number of hydrogen-bond donors (Lipinski definition) is 1. The molecule has 5 fully saturated rings. The van der Waals surface area contributed by atoms with Gasteiger partial charge in [0.1, 0.15) is 0 Å². The topological polar surface area (TPSA) is 74.4 Å². The van der Waals surface area contributed by atoms with E-state index in [-0.39, 0.29) is 41.6 Å². The van der Waals surface area contributed by atoms with Crippen molar-refractivity contribution in [3.8, 4) is 0 Å². The van der Waals surface area contributed by atoms with Crippen molar-refractivity contribution in [3.05, 3.63) is 35.9 Å². The molecule has 1 saturated carbocycles. The summed E-state index contributed by atoms with van der Waals surface area (Å²) in [5.41, 5.74) is 1.12. The summed E-state index contributed by atoms with van der Waals surface area (Å²) in [5, 5.41) is 3.40. The lowest BCUT2D eigenvalue weighted by Crippen LogP contribution is -2.60. The zero-order valence-electron chi connectivity index (χ0n) is 25.3. The van der Waals surface area contributed by atoms with Gasteiger partial charge in [-0.2, -0.15) is 0 Å². The van der Waals surface area contributed by atoms with Crippen molar-refractivity contribution in [2.24, 2.45) is 11.8 Å². The van der Waals surface area contributed by atoms with E-state index in [1.165, 1.54) is 18.4 Å². The minimum Gasteiger partial charge on any atom is -0.381 e. The molecule has 6 rings (SSSR count). The molecule has 4 heterocycles. The van der Waals surface area contributed by atoms with Crippen LogP contribution in [0.25, 0.3) is 0 Å². The van der Waals surface area contributed by atoms with E-state index >= 15 is 0 Å². The Kier molecular flexibility index (Phi) is 8.62. The van der Waals surface area contributed by atoms with Crippen molar-refractivity contribution < 1.29 is 19.1 Å². The summed E-state index contributed by atoms with van der Waals surface area (Å²) in [6.45, 7) is 8.74. The Morgan fingerprint density at radius 3 is 2.39 bits per heavy atom. The van der Waals surface area contributed by atoms with E-state index in [4.69, 9.17) is 9.47 Å². The molecule has 5 aliphatic rings. The second-order valence-electron chi connectivity index (χ2n) is 13.7. The molecule has 1 spiro atoms. The van der Waals surface area contributed by atoms with Crippen LogP contribution in [0.15, 0.2) is 30.3 Å². The number of hydrogen-bond acceptors (Lipinski definition) is 5. The maximum Gasteiger partial charge on any atom is 0.320 e. The number of carbonyl (C=O) groups is 2. The molecule has 8 nitrogen and oxygen atoms in total. The lowest BCUT2D eigenvalue weighted by Gasteiger charge is -2.49. The molecule has 0 aromatic heterocycles. The van der Waals surface area contributed by atoms with E-state index < -0.39 is 0 Å². The summed E-state index contributed by atoms with van der Waals surface area (Å²) in [6, 6.07) is 11.9. The smallest absolute Gasteiger partial charge is 0.320 e. The second-order valence-corrected chi connectivity index (χ2v) is 13.7. The van der Waals surface area contributed by atoms with Gasteiger partial charge in [0.15, 0.2) is 0 Å². The Balaban J connectivity index is 1.12. The number of rotatable bonds is 10. The molecule has 4 saturated heterocycles.